The van der Waals surface area contributed by atoms with Crippen molar-refractivity contribution >= 4 is 15.9 Å². The van der Waals surface area contributed by atoms with Crippen molar-refractivity contribution in [3.63, 3.8) is 0 Å². The molecule has 0 radical (unpaired) electrons. The Kier molecular flexibility index (Phi) is 4.36. The summed E-state index contributed by atoms with van der Waals surface area (Å²) in [5.41, 5.74) is 0.780. The van der Waals surface area contributed by atoms with Gasteiger partial charge in [-0.15, -0.1) is 0 Å². The molecular weight excluding hydrogens is 269 g/mol. The highest BCUT2D eigenvalue weighted by Crippen LogP contribution is 2.27. The largest absolute Gasteiger partial charge is 0.311 e. The van der Waals surface area contributed by atoms with Gasteiger partial charge in [-0.3, -0.25) is 0 Å². The molecule has 1 aromatic carbocycles. The van der Waals surface area contributed by atoms with Gasteiger partial charge in [-0.25, -0.2) is 4.39 Å². The van der Waals surface area contributed by atoms with Crippen LogP contribution >= 0.6 is 15.9 Å². The second kappa shape index (κ2) is 5.78. The van der Waals surface area contributed by atoms with Crippen molar-refractivity contribution < 1.29 is 4.39 Å². The van der Waals surface area contributed by atoms with E-state index in [2.05, 4.69) is 21.2 Å². The van der Waals surface area contributed by atoms with Crippen LogP contribution in [0.5, 0.6) is 0 Å². The normalized spacial score (nSPS) is 23.8. The van der Waals surface area contributed by atoms with Crippen LogP contribution in [0.3, 0.4) is 0 Å². The molecule has 1 heterocycles. The van der Waals surface area contributed by atoms with Crippen molar-refractivity contribution in [3.8, 4) is 0 Å². The Balaban J connectivity index is 2.04. The summed E-state index contributed by atoms with van der Waals surface area (Å²) in [5.74, 6) is 0. The van der Waals surface area contributed by atoms with E-state index in [-0.39, 0.29) is 6.04 Å². The maximum Gasteiger partial charge on any atom is 0.140 e. The molecule has 1 saturated heterocycles. The lowest BCUT2D eigenvalue weighted by Crippen LogP contribution is -2.32. The average Bonchev–Trinajstić information content (AvgIpc) is 2.57. The van der Waals surface area contributed by atoms with Crippen LogP contribution in [-0.4, -0.2) is 12.6 Å². The van der Waals surface area contributed by atoms with E-state index in [0.717, 1.165) is 29.4 Å². The quantitative estimate of drug-likeness (QED) is 0.866. The highest BCUT2D eigenvalue weighted by molar-refractivity contribution is 9.10. The van der Waals surface area contributed by atoms with E-state index in [0.29, 0.717) is 0 Å². The van der Waals surface area contributed by atoms with E-state index >= 15 is 0 Å². The molecule has 1 fully saturated rings. The van der Waals surface area contributed by atoms with E-state index in [1.807, 2.05) is 24.3 Å². The molecule has 3 heteroatoms. The Labute approximate surface area is 105 Å². The molecule has 1 aromatic rings. The third kappa shape index (κ3) is 3.05. The van der Waals surface area contributed by atoms with Crippen LogP contribution < -0.4 is 5.32 Å². The second-order valence-electron chi connectivity index (χ2n) is 4.36. The minimum absolute atomic E-state index is 0.0105. The first-order valence-corrected chi connectivity index (χ1v) is 6.69. The van der Waals surface area contributed by atoms with E-state index in [4.69, 9.17) is 0 Å². The highest BCUT2D eigenvalue weighted by Gasteiger charge is 2.23. The molecular formula is C13H17BrFN. The van der Waals surface area contributed by atoms with Gasteiger partial charge in [0.05, 0.1) is 0 Å². The summed E-state index contributed by atoms with van der Waals surface area (Å²) in [6.07, 6.45) is 3.58. The molecule has 1 N–H and O–H groups in total. The first-order chi connectivity index (χ1) is 7.77. The lowest BCUT2D eigenvalue weighted by Gasteiger charge is -2.20. The van der Waals surface area contributed by atoms with Crippen molar-refractivity contribution in [2.45, 2.75) is 37.9 Å². The Morgan fingerprint density at radius 2 is 1.94 bits per heavy atom. The molecule has 0 saturated carbocycles. The van der Waals surface area contributed by atoms with Crippen molar-refractivity contribution in [3.05, 3.63) is 34.3 Å². The zero-order chi connectivity index (χ0) is 11.4. The van der Waals surface area contributed by atoms with Gasteiger partial charge in [0, 0.05) is 10.5 Å². The SMILES string of the molecule is FC(c1ccc(Br)cc1)C1CCCCCN1. The van der Waals surface area contributed by atoms with Gasteiger partial charge in [-0.2, -0.15) is 0 Å². The van der Waals surface area contributed by atoms with Gasteiger partial charge >= 0.3 is 0 Å². The second-order valence-corrected chi connectivity index (χ2v) is 5.28. The van der Waals surface area contributed by atoms with E-state index < -0.39 is 6.17 Å². The Morgan fingerprint density at radius 3 is 2.69 bits per heavy atom. The first kappa shape index (κ1) is 12.1. The lowest BCUT2D eigenvalue weighted by atomic mass is 10.00. The third-order valence-electron chi connectivity index (χ3n) is 3.14. The van der Waals surface area contributed by atoms with Crippen molar-refractivity contribution in [2.75, 3.05) is 6.54 Å². The minimum Gasteiger partial charge on any atom is -0.311 e. The number of nitrogens with one attached hydrogen (secondary N) is 1. The molecule has 2 rings (SSSR count). The maximum atomic E-state index is 14.3. The fourth-order valence-corrected chi connectivity index (χ4v) is 2.45. The molecule has 0 aliphatic carbocycles. The van der Waals surface area contributed by atoms with E-state index in [1.54, 1.807) is 0 Å². The molecule has 1 nitrogen and oxygen atoms in total. The minimum atomic E-state index is -0.883. The van der Waals surface area contributed by atoms with Gasteiger partial charge in [0.1, 0.15) is 6.17 Å². The summed E-state index contributed by atoms with van der Waals surface area (Å²) < 4.78 is 15.3. The summed E-state index contributed by atoms with van der Waals surface area (Å²) in [5, 5.41) is 3.31. The topological polar surface area (TPSA) is 12.0 Å². The predicted molar refractivity (Wildman–Crippen MR) is 68.2 cm³/mol. The summed E-state index contributed by atoms with van der Waals surface area (Å²) in [4.78, 5) is 0. The van der Waals surface area contributed by atoms with Gasteiger partial charge in [0.2, 0.25) is 0 Å². The monoisotopic (exact) mass is 285 g/mol. The van der Waals surface area contributed by atoms with Crippen LogP contribution in [0.4, 0.5) is 4.39 Å². The molecule has 0 spiro atoms. The zero-order valence-electron chi connectivity index (χ0n) is 9.26. The van der Waals surface area contributed by atoms with Crippen LogP contribution in [0.25, 0.3) is 0 Å². The molecule has 2 atom stereocenters. The van der Waals surface area contributed by atoms with E-state index in [1.165, 1.54) is 12.8 Å². The smallest absolute Gasteiger partial charge is 0.140 e. The van der Waals surface area contributed by atoms with Gasteiger partial charge in [-0.05, 0) is 37.1 Å². The maximum absolute atomic E-state index is 14.3. The Morgan fingerprint density at radius 1 is 1.19 bits per heavy atom. The number of hydrogen-bond acceptors (Lipinski definition) is 1. The summed E-state index contributed by atoms with van der Waals surface area (Å²) in [6.45, 7) is 0.946. The lowest BCUT2D eigenvalue weighted by molar-refractivity contribution is 0.249. The van der Waals surface area contributed by atoms with Gasteiger partial charge in [-0.1, -0.05) is 40.9 Å². The molecule has 0 amide bonds. The van der Waals surface area contributed by atoms with Crippen LogP contribution in [0, 0.1) is 0 Å². The summed E-state index contributed by atoms with van der Waals surface area (Å²) in [7, 11) is 0. The van der Waals surface area contributed by atoms with Gasteiger partial charge < -0.3 is 5.32 Å². The molecule has 1 aliphatic rings. The van der Waals surface area contributed by atoms with Crippen LogP contribution in [0.15, 0.2) is 28.7 Å². The molecule has 2 unspecified atom stereocenters. The number of halogens is 2. The van der Waals surface area contributed by atoms with Crippen LogP contribution in [0.1, 0.15) is 37.4 Å². The Hall–Kier alpha value is -0.410. The molecule has 0 aromatic heterocycles. The molecule has 88 valence electrons. The fourth-order valence-electron chi connectivity index (χ4n) is 2.18. The summed E-state index contributed by atoms with van der Waals surface area (Å²) >= 11 is 3.37. The average molecular weight is 286 g/mol. The third-order valence-corrected chi connectivity index (χ3v) is 3.67. The van der Waals surface area contributed by atoms with Crippen molar-refractivity contribution in [1.29, 1.82) is 0 Å². The standard InChI is InChI=1S/C13H17BrFN/c14-11-7-5-10(6-8-11)13(15)12-4-2-1-3-9-16-12/h5-8,12-13,16H,1-4,9H2. The fraction of sp³-hybridized carbons (Fsp3) is 0.538. The van der Waals surface area contributed by atoms with Crippen molar-refractivity contribution in [2.24, 2.45) is 0 Å². The zero-order valence-corrected chi connectivity index (χ0v) is 10.8. The summed E-state index contributed by atoms with van der Waals surface area (Å²) in [6, 6.07) is 7.52. The number of benzene rings is 1. The molecule has 16 heavy (non-hydrogen) atoms. The van der Waals surface area contributed by atoms with Crippen LogP contribution in [-0.2, 0) is 0 Å². The molecule has 0 bridgehead atoms. The number of alkyl halides is 1. The number of hydrogen-bond donors (Lipinski definition) is 1. The predicted octanol–water partition coefficient (Wildman–Crippen LogP) is 3.99. The highest BCUT2D eigenvalue weighted by atomic mass is 79.9. The van der Waals surface area contributed by atoms with E-state index in [9.17, 15) is 4.39 Å². The van der Waals surface area contributed by atoms with Crippen molar-refractivity contribution in [1.82, 2.24) is 5.32 Å². The van der Waals surface area contributed by atoms with Gasteiger partial charge in [0.15, 0.2) is 0 Å². The first-order valence-electron chi connectivity index (χ1n) is 5.90. The van der Waals surface area contributed by atoms with Gasteiger partial charge in [0.25, 0.3) is 0 Å². The van der Waals surface area contributed by atoms with Crippen LogP contribution in [0.2, 0.25) is 0 Å². The Bertz CT molecular complexity index is 317. The molecule has 1 aliphatic heterocycles. The number of rotatable bonds is 2.